The predicted molar refractivity (Wildman–Crippen MR) is 83.6 cm³/mol. The summed E-state index contributed by atoms with van der Waals surface area (Å²) in [6.45, 7) is 2.66. The number of benzene rings is 1. The number of ether oxygens (including phenoxy) is 1. The van der Waals surface area contributed by atoms with Gasteiger partial charge < -0.3 is 10.5 Å². The first-order valence-corrected chi connectivity index (χ1v) is 7.58. The summed E-state index contributed by atoms with van der Waals surface area (Å²) in [6.07, 6.45) is 0. The SMILES string of the molecule is CCOC=O.Nc1ccc(Sc2sccc2[N+](=O)[O-])cc1. The van der Waals surface area contributed by atoms with Crippen LogP contribution in [0.4, 0.5) is 11.4 Å². The van der Waals surface area contributed by atoms with Crippen molar-refractivity contribution in [3.8, 4) is 0 Å². The van der Waals surface area contributed by atoms with Gasteiger partial charge in [0.05, 0.1) is 11.5 Å². The van der Waals surface area contributed by atoms with Gasteiger partial charge in [-0.3, -0.25) is 14.9 Å². The summed E-state index contributed by atoms with van der Waals surface area (Å²) in [6, 6.07) is 8.78. The monoisotopic (exact) mass is 326 g/mol. The lowest BCUT2D eigenvalue weighted by Gasteiger charge is -1.99. The molecule has 1 aromatic carbocycles. The zero-order valence-corrected chi connectivity index (χ0v) is 12.9. The molecule has 0 bridgehead atoms. The average Bonchev–Trinajstić information content (AvgIpc) is 2.91. The Hall–Kier alpha value is -2.06. The van der Waals surface area contributed by atoms with Crippen LogP contribution in [0.3, 0.4) is 0 Å². The third kappa shape index (κ3) is 5.84. The fourth-order valence-electron chi connectivity index (χ4n) is 1.21. The Bertz CT molecular complexity index is 584. The van der Waals surface area contributed by atoms with E-state index in [4.69, 9.17) is 5.73 Å². The second-order valence-electron chi connectivity index (χ2n) is 3.57. The van der Waals surface area contributed by atoms with Crippen molar-refractivity contribution in [3.05, 3.63) is 45.8 Å². The first-order valence-electron chi connectivity index (χ1n) is 5.89. The van der Waals surface area contributed by atoms with Crippen molar-refractivity contribution in [2.75, 3.05) is 12.3 Å². The highest BCUT2D eigenvalue weighted by Gasteiger charge is 2.15. The van der Waals surface area contributed by atoms with E-state index >= 15 is 0 Å². The largest absolute Gasteiger partial charge is 0.468 e. The smallest absolute Gasteiger partial charge is 0.294 e. The molecule has 0 saturated heterocycles. The molecule has 0 aliphatic rings. The van der Waals surface area contributed by atoms with E-state index < -0.39 is 0 Å². The van der Waals surface area contributed by atoms with Gasteiger partial charge in [0, 0.05) is 16.6 Å². The van der Waals surface area contributed by atoms with Crippen molar-refractivity contribution in [3.63, 3.8) is 0 Å². The first-order chi connectivity index (χ1) is 10.1. The van der Waals surface area contributed by atoms with E-state index in [2.05, 4.69) is 4.74 Å². The fraction of sp³-hybridized carbons (Fsp3) is 0.154. The number of carbonyl (C=O) groups is 1. The molecule has 0 unspecified atom stereocenters. The summed E-state index contributed by atoms with van der Waals surface area (Å²) in [5, 5.41) is 12.4. The number of rotatable bonds is 5. The average molecular weight is 326 g/mol. The molecule has 2 N–H and O–H groups in total. The second kappa shape index (κ2) is 8.98. The van der Waals surface area contributed by atoms with Crippen molar-refractivity contribution in [1.82, 2.24) is 0 Å². The molecule has 2 aromatic rings. The molecule has 0 radical (unpaired) electrons. The molecular formula is C13H14N2O4S2. The van der Waals surface area contributed by atoms with Gasteiger partial charge in [0.15, 0.2) is 0 Å². The van der Waals surface area contributed by atoms with Crippen molar-refractivity contribution in [2.24, 2.45) is 0 Å². The number of nitrogen functional groups attached to an aromatic ring is 1. The van der Waals surface area contributed by atoms with Crippen LogP contribution in [0.5, 0.6) is 0 Å². The fourth-order valence-corrected chi connectivity index (χ4v) is 3.18. The number of hydrogen-bond donors (Lipinski definition) is 1. The summed E-state index contributed by atoms with van der Waals surface area (Å²) in [7, 11) is 0. The Kier molecular flexibility index (Phi) is 7.27. The van der Waals surface area contributed by atoms with E-state index in [1.165, 1.54) is 29.2 Å². The molecule has 6 nitrogen and oxygen atoms in total. The van der Waals surface area contributed by atoms with Gasteiger partial charge in [0.1, 0.15) is 4.21 Å². The Labute approximate surface area is 130 Å². The topological polar surface area (TPSA) is 95.5 Å². The predicted octanol–water partition coefficient (Wildman–Crippen LogP) is 3.57. The summed E-state index contributed by atoms with van der Waals surface area (Å²) < 4.78 is 4.84. The lowest BCUT2D eigenvalue weighted by Crippen LogP contribution is -1.86. The van der Waals surface area contributed by atoms with Crippen LogP contribution >= 0.6 is 23.1 Å². The maximum absolute atomic E-state index is 10.7. The number of carbonyl (C=O) groups excluding carboxylic acids is 1. The molecule has 0 aliphatic heterocycles. The molecule has 0 amide bonds. The molecule has 1 heterocycles. The van der Waals surface area contributed by atoms with Crippen molar-refractivity contribution in [2.45, 2.75) is 16.0 Å². The minimum absolute atomic E-state index is 0.159. The van der Waals surface area contributed by atoms with Gasteiger partial charge in [-0.1, -0.05) is 11.8 Å². The van der Waals surface area contributed by atoms with Crippen LogP contribution in [0.2, 0.25) is 0 Å². The van der Waals surface area contributed by atoms with Crippen LogP contribution in [0.15, 0.2) is 44.8 Å². The van der Waals surface area contributed by atoms with Crippen LogP contribution < -0.4 is 5.73 Å². The number of nitrogens with zero attached hydrogens (tertiary/aromatic N) is 1. The summed E-state index contributed by atoms with van der Waals surface area (Å²) in [4.78, 5) is 20.5. The van der Waals surface area contributed by atoms with E-state index in [1.807, 2.05) is 12.1 Å². The quantitative estimate of drug-likeness (QED) is 0.390. The number of nitro groups is 1. The van der Waals surface area contributed by atoms with Crippen LogP contribution in [0, 0.1) is 10.1 Å². The maximum atomic E-state index is 10.7. The molecule has 0 atom stereocenters. The number of thiophene rings is 1. The van der Waals surface area contributed by atoms with Gasteiger partial charge in [-0.2, -0.15) is 0 Å². The van der Waals surface area contributed by atoms with Crippen LogP contribution in [-0.2, 0) is 9.53 Å². The molecule has 0 saturated carbocycles. The maximum Gasteiger partial charge on any atom is 0.294 e. The van der Waals surface area contributed by atoms with E-state index in [0.717, 1.165) is 4.90 Å². The van der Waals surface area contributed by atoms with Crippen molar-refractivity contribution in [1.29, 1.82) is 0 Å². The van der Waals surface area contributed by atoms with Gasteiger partial charge >= 0.3 is 0 Å². The van der Waals surface area contributed by atoms with E-state index in [-0.39, 0.29) is 10.6 Å². The molecule has 0 fully saturated rings. The lowest BCUT2D eigenvalue weighted by molar-refractivity contribution is -0.387. The third-order valence-electron chi connectivity index (χ3n) is 2.13. The number of anilines is 1. The molecule has 21 heavy (non-hydrogen) atoms. The van der Waals surface area contributed by atoms with E-state index in [1.54, 1.807) is 24.4 Å². The Balaban J connectivity index is 0.000000383. The molecule has 0 spiro atoms. The zero-order valence-electron chi connectivity index (χ0n) is 11.2. The normalized spacial score (nSPS) is 9.38. The molecule has 112 valence electrons. The van der Waals surface area contributed by atoms with Crippen LogP contribution in [-0.4, -0.2) is 18.0 Å². The Morgan fingerprint density at radius 3 is 2.52 bits per heavy atom. The molecule has 1 aromatic heterocycles. The minimum Gasteiger partial charge on any atom is -0.468 e. The summed E-state index contributed by atoms with van der Waals surface area (Å²) in [5.41, 5.74) is 6.41. The molecule has 0 aliphatic carbocycles. The van der Waals surface area contributed by atoms with Gasteiger partial charge in [0.25, 0.3) is 12.2 Å². The van der Waals surface area contributed by atoms with Crippen LogP contribution in [0.25, 0.3) is 0 Å². The van der Waals surface area contributed by atoms with Gasteiger partial charge in [0.2, 0.25) is 0 Å². The van der Waals surface area contributed by atoms with E-state index in [9.17, 15) is 14.9 Å². The Morgan fingerprint density at radius 2 is 2.05 bits per heavy atom. The zero-order chi connectivity index (χ0) is 15.7. The highest BCUT2D eigenvalue weighted by Crippen LogP contribution is 2.38. The minimum atomic E-state index is -0.365. The molecule has 8 heteroatoms. The molecule has 2 rings (SSSR count). The summed E-state index contributed by atoms with van der Waals surface area (Å²) in [5.74, 6) is 0. The lowest BCUT2D eigenvalue weighted by atomic mass is 10.3. The molecular weight excluding hydrogens is 312 g/mol. The standard InChI is InChI=1S/C10H8N2O2S2.C3H6O2/c11-7-1-3-8(4-2-7)16-10-9(12(13)14)5-6-15-10;1-2-5-3-4/h1-6H,11H2;3H,2H2,1H3. The summed E-state index contributed by atoms with van der Waals surface area (Å²) >= 11 is 2.75. The first kappa shape index (κ1) is 17.0. The van der Waals surface area contributed by atoms with E-state index in [0.29, 0.717) is 23.0 Å². The highest BCUT2D eigenvalue weighted by atomic mass is 32.2. The van der Waals surface area contributed by atoms with Gasteiger partial charge in [-0.05, 0) is 36.6 Å². The van der Waals surface area contributed by atoms with Gasteiger partial charge in [-0.25, -0.2) is 0 Å². The van der Waals surface area contributed by atoms with Crippen LogP contribution in [0.1, 0.15) is 6.92 Å². The number of hydrogen-bond acceptors (Lipinski definition) is 7. The van der Waals surface area contributed by atoms with Crippen molar-refractivity contribution < 1.29 is 14.5 Å². The van der Waals surface area contributed by atoms with Gasteiger partial charge in [-0.15, -0.1) is 11.3 Å². The third-order valence-corrected chi connectivity index (χ3v) is 4.27. The van der Waals surface area contributed by atoms with Crippen molar-refractivity contribution >= 4 is 40.9 Å². The number of nitrogens with two attached hydrogens (primary N) is 1. The Morgan fingerprint density at radius 1 is 1.38 bits per heavy atom. The second-order valence-corrected chi connectivity index (χ2v) is 5.83. The highest BCUT2D eigenvalue weighted by molar-refractivity contribution is 8.01.